The van der Waals surface area contributed by atoms with Crippen molar-refractivity contribution in [2.24, 2.45) is 5.41 Å². The smallest absolute Gasteiger partial charge is 0.261 e. The summed E-state index contributed by atoms with van der Waals surface area (Å²) in [6.07, 6.45) is 2.07. The van der Waals surface area contributed by atoms with Gasteiger partial charge in [-0.15, -0.1) is 11.3 Å². The molecule has 4 nitrogen and oxygen atoms in total. The highest BCUT2D eigenvalue weighted by Gasteiger charge is 2.32. The van der Waals surface area contributed by atoms with E-state index in [1.54, 1.807) is 7.11 Å². The summed E-state index contributed by atoms with van der Waals surface area (Å²) in [4.78, 5) is 12.8. The molecule has 0 aliphatic carbocycles. The fourth-order valence-electron chi connectivity index (χ4n) is 2.42. The van der Waals surface area contributed by atoms with Crippen molar-refractivity contribution in [1.29, 1.82) is 0 Å². The minimum absolute atomic E-state index is 0.00436. The topological polar surface area (TPSA) is 50.4 Å². The Labute approximate surface area is 126 Å². The Morgan fingerprint density at radius 3 is 2.89 bits per heavy atom. The van der Waals surface area contributed by atoms with Crippen molar-refractivity contribution < 1.29 is 9.53 Å². The lowest BCUT2D eigenvalue weighted by Gasteiger charge is -2.37. The van der Waals surface area contributed by atoms with Crippen LogP contribution in [0.3, 0.4) is 0 Å². The van der Waals surface area contributed by atoms with Gasteiger partial charge in [0.2, 0.25) is 0 Å². The average Bonchev–Trinajstić information content (AvgIpc) is 2.84. The highest BCUT2D eigenvalue weighted by molar-refractivity contribution is 9.10. The van der Waals surface area contributed by atoms with Gasteiger partial charge in [0.05, 0.1) is 11.5 Å². The van der Waals surface area contributed by atoms with Crippen molar-refractivity contribution >= 4 is 33.2 Å². The number of ether oxygens (including phenoxy) is 1. The van der Waals surface area contributed by atoms with Gasteiger partial charge < -0.3 is 15.4 Å². The zero-order valence-corrected chi connectivity index (χ0v) is 13.4. The summed E-state index contributed by atoms with van der Waals surface area (Å²) >= 11 is 4.82. The van der Waals surface area contributed by atoms with Gasteiger partial charge in [-0.25, -0.2) is 0 Å². The number of rotatable bonds is 5. The van der Waals surface area contributed by atoms with E-state index in [0.717, 1.165) is 35.3 Å². The molecule has 0 aromatic carbocycles. The van der Waals surface area contributed by atoms with E-state index in [4.69, 9.17) is 4.74 Å². The molecule has 2 heterocycles. The molecule has 1 saturated heterocycles. The first-order valence-electron chi connectivity index (χ1n) is 6.37. The maximum Gasteiger partial charge on any atom is 0.261 e. The number of amides is 1. The molecule has 0 spiro atoms. The molecule has 0 bridgehead atoms. The molecule has 0 unspecified atom stereocenters. The fourth-order valence-corrected chi connectivity index (χ4v) is 3.77. The second kappa shape index (κ2) is 6.83. The SMILES string of the molecule is COCC1(CNC(=O)c2cc(Br)cs2)CCNCC1. The van der Waals surface area contributed by atoms with Gasteiger partial charge >= 0.3 is 0 Å². The number of piperidine rings is 1. The number of nitrogens with one attached hydrogen (secondary N) is 2. The Bertz CT molecular complexity index is 425. The lowest BCUT2D eigenvalue weighted by Crippen LogP contribution is -2.47. The monoisotopic (exact) mass is 346 g/mol. The standard InChI is InChI=1S/C13H19BrN2O2S/c1-18-9-13(2-4-15-5-3-13)8-16-12(17)11-6-10(14)7-19-11/h6-7,15H,2-5,8-9H2,1H3,(H,16,17). The van der Waals surface area contributed by atoms with Crippen LogP contribution in [0.25, 0.3) is 0 Å². The van der Waals surface area contributed by atoms with Crippen LogP contribution >= 0.6 is 27.3 Å². The zero-order chi connectivity index (χ0) is 13.7. The largest absolute Gasteiger partial charge is 0.384 e. The van der Waals surface area contributed by atoms with E-state index in [1.807, 2.05) is 11.4 Å². The molecule has 0 atom stereocenters. The molecule has 0 saturated carbocycles. The average molecular weight is 347 g/mol. The normalized spacial score (nSPS) is 18.2. The Kier molecular flexibility index (Phi) is 5.38. The molecule has 1 amide bonds. The summed E-state index contributed by atoms with van der Waals surface area (Å²) in [6.45, 7) is 3.35. The summed E-state index contributed by atoms with van der Waals surface area (Å²) in [5, 5.41) is 8.32. The van der Waals surface area contributed by atoms with E-state index < -0.39 is 0 Å². The van der Waals surface area contributed by atoms with Gasteiger partial charge in [0.1, 0.15) is 0 Å². The Balaban J connectivity index is 1.93. The van der Waals surface area contributed by atoms with E-state index in [0.29, 0.717) is 13.2 Å². The quantitative estimate of drug-likeness (QED) is 0.859. The molecule has 1 fully saturated rings. The molecule has 1 aromatic rings. The first-order valence-corrected chi connectivity index (χ1v) is 8.04. The van der Waals surface area contributed by atoms with Crippen LogP contribution in [0.5, 0.6) is 0 Å². The molecule has 19 heavy (non-hydrogen) atoms. The lowest BCUT2D eigenvalue weighted by atomic mass is 9.79. The first kappa shape index (κ1) is 15.0. The third-order valence-corrected chi connectivity index (χ3v) is 5.22. The number of carbonyl (C=O) groups is 1. The van der Waals surface area contributed by atoms with Gasteiger partial charge in [0.25, 0.3) is 5.91 Å². The number of carbonyl (C=O) groups excluding carboxylic acids is 1. The predicted molar refractivity (Wildman–Crippen MR) is 80.8 cm³/mol. The Hall–Kier alpha value is -0.430. The molecule has 1 aliphatic rings. The minimum atomic E-state index is 0.00436. The van der Waals surface area contributed by atoms with Crippen LogP contribution < -0.4 is 10.6 Å². The second-order valence-corrected chi connectivity index (χ2v) is 6.82. The van der Waals surface area contributed by atoms with Crippen molar-refractivity contribution in [2.45, 2.75) is 12.8 Å². The summed E-state index contributed by atoms with van der Waals surface area (Å²) in [6, 6.07) is 1.85. The predicted octanol–water partition coefficient (Wildman–Crippen LogP) is 2.26. The van der Waals surface area contributed by atoms with Gasteiger partial charge in [-0.05, 0) is 47.9 Å². The number of thiophene rings is 1. The van der Waals surface area contributed by atoms with E-state index >= 15 is 0 Å². The molecular weight excluding hydrogens is 328 g/mol. The second-order valence-electron chi connectivity index (χ2n) is 4.99. The first-order chi connectivity index (χ1) is 9.15. The Morgan fingerprint density at radius 1 is 1.58 bits per heavy atom. The number of halogens is 1. The molecule has 6 heteroatoms. The third-order valence-electron chi connectivity index (χ3n) is 3.53. The van der Waals surface area contributed by atoms with Gasteiger partial charge in [-0.2, -0.15) is 0 Å². The fraction of sp³-hybridized carbons (Fsp3) is 0.615. The molecule has 1 aliphatic heterocycles. The van der Waals surface area contributed by atoms with E-state index in [-0.39, 0.29) is 11.3 Å². The lowest BCUT2D eigenvalue weighted by molar-refractivity contribution is 0.0512. The number of methoxy groups -OCH3 is 1. The zero-order valence-electron chi connectivity index (χ0n) is 11.0. The molecular formula is C13H19BrN2O2S. The number of hydrogen-bond donors (Lipinski definition) is 2. The van der Waals surface area contributed by atoms with Crippen LogP contribution in [0.4, 0.5) is 0 Å². The summed E-state index contributed by atoms with van der Waals surface area (Å²) in [5.41, 5.74) is 0.0736. The molecule has 2 rings (SSSR count). The van der Waals surface area contributed by atoms with Gasteiger partial charge in [0.15, 0.2) is 0 Å². The van der Waals surface area contributed by atoms with E-state index in [2.05, 4.69) is 26.6 Å². The molecule has 106 valence electrons. The highest BCUT2D eigenvalue weighted by Crippen LogP contribution is 2.28. The number of hydrogen-bond acceptors (Lipinski definition) is 4. The molecule has 1 aromatic heterocycles. The third kappa shape index (κ3) is 4.02. The summed E-state index contributed by atoms with van der Waals surface area (Å²) in [5.74, 6) is 0.00436. The van der Waals surface area contributed by atoms with Gasteiger partial charge in [-0.1, -0.05) is 0 Å². The van der Waals surface area contributed by atoms with E-state index in [1.165, 1.54) is 11.3 Å². The summed E-state index contributed by atoms with van der Waals surface area (Å²) < 4.78 is 6.30. The maximum atomic E-state index is 12.1. The van der Waals surface area contributed by atoms with Crippen molar-refractivity contribution in [3.63, 3.8) is 0 Å². The van der Waals surface area contributed by atoms with Crippen LogP contribution in [-0.2, 0) is 4.74 Å². The molecule has 2 N–H and O–H groups in total. The van der Waals surface area contributed by atoms with Crippen molar-refractivity contribution in [3.05, 3.63) is 20.8 Å². The Morgan fingerprint density at radius 2 is 2.32 bits per heavy atom. The van der Waals surface area contributed by atoms with Crippen LogP contribution in [0.15, 0.2) is 15.9 Å². The minimum Gasteiger partial charge on any atom is -0.384 e. The van der Waals surface area contributed by atoms with Crippen LogP contribution in [0.1, 0.15) is 22.5 Å². The van der Waals surface area contributed by atoms with Gasteiger partial charge in [-0.3, -0.25) is 4.79 Å². The van der Waals surface area contributed by atoms with Crippen molar-refractivity contribution in [3.8, 4) is 0 Å². The van der Waals surface area contributed by atoms with Crippen LogP contribution in [-0.4, -0.2) is 39.3 Å². The van der Waals surface area contributed by atoms with Crippen LogP contribution in [0.2, 0.25) is 0 Å². The van der Waals surface area contributed by atoms with E-state index in [9.17, 15) is 4.79 Å². The van der Waals surface area contributed by atoms with Crippen LogP contribution in [0, 0.1) is 5.41 Å². The summed E-state index contributed by atoms with van der Waals surface area (Å²) in [7, 11) is 1.72. The van der Waals surface area contributed by atoms with Gasteiger partial charge in [0, 0.05) is 28.9 Å². The maximum absolute atomic E-state index is 12.1. The van der Waals surface area contributed by atoms with Crippen molar-refractivity contribution in [1.82, 2.24) is 10.6 Å². The van der Waals surface area contributed by atoms with Crippen molar-refractivity contribution in [2.75, 3.05) is 33.4 Å². The highest BCUT2D eigenvalue weighted by atomic mass is 79.9. The molecule has 0 radical (unpaired) electrons.